The molecule has 6 heteroatoms. The molecule has 1 aromatic carbocycles. The van der Waals surface area contributed by atoms with Gasteiger partial charge < -0.3 is 20.1 Å². The number of benzene rings is 1. The Labute approximate surface area is 132 Å². The van der Waals surface area contributed by atoms with Crippen LogP contribution in [-0.4, -0.2) is 48.3 Å². The average molecular weight is 310 g/mol. The van der Waals surface area contributed by atoms with Crippen LogP contribution in [0.5, 0.6) is 0 Å². The van der Waals surface area contributed by atoms with Crippen molar-refractivity contribution in [2.45, 2.75) is 32.9 Å². The lowest BCUT2D eigenvalue weighted by atomic mass is 10.2. The summed E-state index contributed by atoms with van der Waals surface area (Å²) in [5.74, 6) is -1.10. The van der Waals surface area contributed by atoms with Crippen molar-refractivity contribution in [1.82, 2.24) is 10.2 Å². The Morgan fingerprint density at radius 3 is 2.14 bits per heavy atom. The molecular formula is C16H26N2O4. The average Bonchev–Trinajstić information content (AvgIpc) is 2.35. The quantitative estimate of drug-likeness (QED) is 0.892. The minimum atomic E-state index is -1.10. The molecule has 124 valence electrons. The second kappa shape index (κ2) is 9.78. The monoisotopic (exact) mass is 310 g/mol. The van der Waals surface area contributed by atoms with Gasteiger partial charge in [0, 0.05) is 6.54 Å². The van der Waals surface area contributed by atoms with E-state index in [2.05, 4.69) is 48.6 Å². The first-order chi connectivity index (χ1) is 10.1. The maximum absolute atomic E-state index is 10.8. The van der Waals surface area contributed by atoms with Crippen LogP contribution >= 0.6 is 0 Å². The molecule has 0 aliphatic carbocycles. The zero-order valence-electron chi connectivity index (χ0n) is 13.9. The van der Waals surface area contributed by atoms with Gasteiger partial charge in [0.15, 0.2) is 0 Å². The van der Waals surface area contributed by atoms with Crippen molar-refractivity contribution in [3.8, 4) is 0 Å². The van der Waals surface area contributed by atoms with Gasteiger partial charge in [0.25, 0.3) is 0 Å². The van der Waals surface area contributed by atoms with Crippen LogP contribution in [0.15, 0.2) is 30.3 Å². The lowest BCUT2D eigenvalue weighted by molar-refractivity contribution is -0.136. The summed E-state index contributed by atoms with van der Waals surface area (Å²) < 4.78 is 4.77. The van der Waals surface area contributed by atoms with Gasteiger partial charge >= 0.3 is 12.1 Å². The summed E-state index contributed by atoms with van der Waals surface area (Å²) >= 11 is 0. The SMILES string of the molecule is CC(C)(C)OC(=O)NCC(=O)O.CN(C)Cc1ccccc1. The molecule has 1 aromatic rings. The summed E-state index contributed by atoms with van der Waals surface area (Å²) in [5, 5.41) is 10.3. The number of carbonyl (C=O) groups is 2. The lowest BCUT2D eigenvalue weighted by Crippen LogP contribution is -2.35. The molecule has 0 bridgehead atoms. The Kier molecular flexibility index (Phi) is 8.86. The van der Waals surface area contributed by atoms with Crippen molar-refractivity contribution in [2.75, 3.05) is 20.6 Å². The fourth-order valence-electron chi connectivity index (χ4n) is 1.41. The predicted molar refractivity (Wildman–Crippen MR) is 85.7 cm³/mol. The summed E-state index contributed by atoms with van der Waals surface area (Å²) in [5.41, 5.74) is 0.773. The second-order valence-corrected chi connectivity index (χ2v) is 5.97. The van der Waals surface area contributed by atoms with Gasteiger partial charge in [0.1, 0.15) is 12.1 Å². The molecule has 0 atom stereocenters. The third kappa shape index (κ3) is 12.9. The number of aliphatic carboxylic acids is 1. The molecular weight excluding hydrogens is 284 g/mol. The number of carboxylic acid groups (broad SMARTS) is 1. The molecule has 2 N–H and O–H groups in total. The lowest BCUT2D eigenvalue weighted by Gasteiger charge is -2.19. The van der Waals surface area contributed by atoms with Gasteiger partial charge in [-0.3, -0.25) is 4.79 Å². The van der Waals surface area contributed by atoms with Gasteiger partial charge in [0.2, 0.25) is 0 Å². The highest BCUT2D eigenvalue weighted by Gasteiger charge is 2.16. The third-order valence-corrected chi connectivity index (χ3v) is 2.12. The first kappa shape index (κ1) is 19.9. The number of carbonyl (C=O) groups excluding carboxylic acids is 1. The normalized spacial score (nSPS) is 10.5. The van der Waals surface area contributed by atoms with Gasteiger partial charge in [-0.25, -0.2) is 4.79 Å². The first-order valence-corrected chi connectivity index (χ1v) is 6.97. The fraction of sp³-hybridized carbons (Fsp3) is 0.500. The highest BCUT2D eigenvalue weighted by Crippen LogP contribution is 2.05. The molecule has 1 amide bonds. The van der Waals surface area contributed by atoms with Crippen molar-refractivity contribution in [3.63, 3.8) is 0 Å². The van der Waals surface area contributed by atoms with Crippen molar-refractivity contribution < 1.29 is 19.4 Å². The summed E-state index contributed by atoms with van der Waals surface area (Å²) in [7, 11) is 4.15. The number of carboxylic acids is 1. The molecule has 0 aliphatic heterocycles. The molecule has 6 nitrogen and oxygen atoms in total. The maximum Gasteiger partial charge on any atom is 0.408 e. The van der Waals surface area contributed by atoms with Gasteiger partial charge in [-0.2, -0.15) is 0 Å². The van der Waals surface area contributed by atoms with Crippen molar-refractivity contribution in [1.29, 1.82) is 0 Å². The van der Waals surface area contributed by atoms with Crippen molar-refractivity contribution in [2.24, 2.45) is 0 Å². The maximum atomic E-state index is 10.8. The summed E-state index contributed by atoms with van der Waals surface area (Å²) in [6.45, 7) is 5.71. The predicted octanol–water partition coefficient (Wildman–Crippen LogP) is 2.34. The molecule has 0 aromatic heterocycles. The van der Waals surface area contributed by atoms with Crippen LogP contribution in [0.2, 0.25) is 0 Å². The number of nitrogens with one attached hydrogen (secondary N) is 1. The van der Waals surface area contributed by atoms with Crippen molar-refractivity contribution >= 4 is 12.1 Å². The van der Waals surface area contributed by atoms with Crippen LogP contribution in [0.25, 0.3) is 0 Å². The summed E-state index contributed by atoms with van der Waals surface area (Å²) in [6, 6.07) is 10.5. The standard InChI is InChI=1S/C9H13N.C7H13NO4/c1-10(2)8-9-6-4-3-5-7-9;1-7(2,3)12-6(11)8-4-5(9)10/h3-7H,8H2,1-2H3;4H2,1-3H3,(H,8,11)(H,9,10). The van der Waals surface area contributed by atoms with Crippen LogP contribution in [0.4, 0.5) is 4.79 Å². The number of ether oxygens (including phenoxy) is 1. The molecule has 0 heterocycles. The van der Waals surface area contributed by atoms with E-state index in [9.17, 15) is 9.59 Å². The first-order valence-electron chi connectivity index (χ1n) is 6.97. The van der Waals surface area contributed by atoms with E-state index < -0.39 is 24.2 Å². The van der Waals surface area contributed by atoms with Gasteiger partial charge in [-0.05, 0) is 40.4 Å². The minimum absolute atomic E-state index is 0.422. The zero-order valence-corrected chi connectivity index (χ0v) is 13.9. The highest BCUT2D eigenvalue weighted by molar-refractivity contribution is 5.76. The molecule has 0 saturated carbocycles. The van der Waals surface area contributed by atoms with Crippen LogP contribution in [-0.2, 0) is 16.1 Å². The van der Waals surface area contributed by atoms with Crippen LogP contribution in [0, 0.1) is 0 Å². The van der Waals surface area contributed by atoms with E-state index >= 15 is 0 Å². The van der Waals surface area contributed by atoms with Crippen molar-refractivity contribution in [3.05, 3.63) is 35.9 Å². The van der Waals surface area contributed by atoms with Crippen LogP contribution in [0.1, 0.15) is 26.3 Å². The van der Waals surface area contributed by atoms with Gasteiger partial charge in [0.05, 0.1) is 0 Å². The number of amides is 1. The number of rotatable bonds is 4. The molecule has 0 unspecified atom stereocenters. The minimum Gasteiger partial charge on any atom is -0.480 e. The zero-order chi connectivity index (χ0) is 17.2. The Hall–Kier alpha value is -2.08. The molecule has 0 spiro atoms. The van der Waals surface area contributed by atoms with E-state index in [1.807, 2.05) is 6.07 Å². The number of alkyl carbamates (subject to hydrolysis) is 1. The highest BCUT2D eigenvalue weighted by atomic mass is 16.6. The third-order valence-electron chi connectivity index (χ3n) is 2.12. The topological polar surface area (TPSA) is 78.9 Å². The summed E-state index contributed by atoms with van der Waals surface area (Å²) in [4.78, 5) is 22.9. The molecule has 0 radical (unpaired) electrons. The molecule has 22 heavy (non-hydrogen) atoms. The van der Waals surface area contributed by atoms with E-state index in [-0.39, 0.29) is 0 Å². The van der Waals surface area contributed by atoms with E-state index in [0.717, 1.165) is 6.54 Å². The van der Waals surface area contributed by atoms with Gasteiger partial charge in [-0.1, -0.05) is 30.3 Å². The van der Waals surface area contributed by atoms with E-state index in [1.54, 1.807) is 20.8 Å². The van der Waals surface area contributed by atoms with Crippen LogP contribution in [0.3, 0.4) is 0 Å². The van der Waals surface area contributed by atoms with E-state index in [1.165, 1.54) is 5.56 Å². The van der Waals surface area contributed by atoms with E-state index in [0.29, 0.717) is 0 Å². The molecule has 0 aliphatic rings. The Balaban J connectivity index is 0.000000406. The number of hydrogen-bond donors (Lipinski definition) is 2. The number of nitrogens with zero attached hydrogens (tertiary/aromatic N) is 1. The second-order valence-electron chi connectivity index (χ2n) is 5.97. The molecule has 1 rings (SSSR count). The Bertz CT molecular complexity index is 453. The molecule has 0 fully saturated rings. The summed E-state index contributed by atoms with van der Waals surface area (Å²) in [6.07, 6.45) is -0.718. The number of hydrogen-bond acceptors (Lipinski definition) is 4. The van der Waals surface area contributed by atoms with Crippen LogP contribution < -0.4 is 5.32 Å². The van der Waals surface area contributed by atoms with E-state index in [4.69, 9.17) is 9.84 Å². The Morgan fingerprint density at radius 1 is 1.18 bits per heavy atom. The Morgan fingerprint density at radius 2 is 1.73 bits per heavy atom. The van der Waals surface area contributed by atoms with Gasteiger partial charge in [-0.15, -0.1) is 0 Å². The molecule has 0 saturated heterocycles. The largest absolute Gasteiger partial charge is 0.480 e. The fourth-order valence-corrected chi connectivity index (χ4v) is 1.41. The smallest absolute Gasteiger partial charge is 0.408 e.